The molecule has 2 rings (SSSR count). The van der Waals surface area contributed by atoms with Crippen LogP contribution in [0.1, 0.15) is 10.5 Å². The van der Waals surface area contributed by atoms with Gasteiger partial charge in [0.1, 0.15) is 10.5 Å². The number of hydrogen-bond acceptors (Lipinski definition) is 7. The third kappa shape index (κ3) is 2.48. The SMILES string of the molecule is O=C(O)c1cncc(Sc2nncs2)n1. The highest BCUT2D eigenvalue weighted by atomic mass is 32.2. The van der Waals surface area contributed by atoms with Gasteiger partial charge < -0.3 is 5.11 Å². The molecule has 76 valence electrons. The highest BCUT2D eigenvalue weighted by molar-refractivity contribution is 8.00. The molecule has 0 aromatic carbocycles. The van der Waals surface area contributed by atoms with Gasteiger partial charge in [0, 0.05) is 0 Å². The second-order valence-corrected chi connectivity index (χ2v) is 4.46. The predicted octanol–water partition coefficient (Wildman–Crippen LogP) is 1.18. The molecule has 0 saturated heterocycles. The van der Waals surface area contributed by atoms with Gasteiger partial charge in [-0.2, -0.15) is 0 Å². The molecule has 2 aromatic rings. The van der Waals surface area contributed by atoms with Gasteiger partial charge in [-0.05, 0) is 11.8 Å². The number of carbonyl (C=O) groups is 1. The molecule has 0 fully saturated rings. The normalized spacial score (nSPS) is 10.1. The molecule has 15 heavy (non-hydrogen) atoms. The lowest BCUT2D eigenvalue weighted by atomic mass is 10.5. The maximum atomic E-state index is 10.6. The molecule has 0 aliphatic carbocycles. The minimum atomic E-state index is -1.10. The Morgan fingerprint density at radius 3 is 3.00 bits per heavy atom. The van der Waals surface area contributed by atoms with Crippen molar-refractivity contribution in [1.82, 2.24) is 20.2 Å². The first kappa shape index (κ1) is 9.99. The third-order valence-electron chi connectivity index (χ3n) is 1.36. The summed E-state index contributed by atoms with van der Waals surface area (Å²) < 4.78 is 0.701. The van der Waals surface area contributed by atoms with Crippen molar-refractivity contribution in [2.24, 2.45) is 0 Å². The summed E-state index contributed by atoms with van der Waals surface area (Å²) in [4.78, 5) is 18.3. The van der Waals surface area contributed by atoms with Gasteiger partial charge in [0.15, 0.2) is 10.0 Å². The van der Waals surface area contributed by atoms with Crippen LogP contribution >= 0.6 is 23.1 Å². The topological polar surface area (TPSA) is 88.9 Å². The van der Waals surface area contributed by atoms with E-state index in [-0.39, 0.29) is 5.69 Å². The predicted molar refractivity (Wildman–Crippen MR) is 53.0 cm³/mol. The van der Waals surface area contributed by atoms with E-state index in [1.165, 1.54) is 35.5 Å². The number of aromatic carboxylic acids is 1. The van der Waals surface area contributed by atoms with Crippen LogP contribution in [0, 0.1) is 0 Å². The fourth-order valence-electron chi connectivity index (χ4n) is 0.797. The number of rotatable bonds is 3. The van der Waals surface area contributed by atoms with Crippen molar-refractivity contribution in [3.8, 4) is 0 Å². The Bertz CT molecular complexity index is 474. The maximum Gasteiger partial charge on any atom is 0.356 e. The molecule has 8 heteroatoms. The summed E-state index contributed by atoms with van der Waals surface area (Å²) in [5.74, 6) is -1.10. The van der Waals surface area contributed by atoms with E-state index >= 15 is 0 Å². The van der Waals surface area contributed by atoms with Crippen molar-refractivity contribution >= 4 is 29.1 Å². The van der Waals surface area contributed by atoms with Gasteiger partial charge in [0.05, 0.1) is 12.4 Å². The van der Waals surface area contributed by atoms with Gasteiger partial charge in [-0.15, -0.1) is 10.2 Å². The number of aromatic nitrogens is 4. The van der Waals surface area contributed by atoms with E-state index in [0.29, 0.717) is 9.37 Å². The molecular weight excluding hydrogens is 236 g/mol. The number of carboxylic acids is 1. The first-order valence-electron chi connectivity index (χ1n) is 3.75. The highest BCUT2D eigenvalue weighted by Crippen LogP contribution is 2.26. The van der Waals surface area contributed by atoms with Crippen molar-refractivity contribution in [2.45, 2.75) is 9.37 Å². The summed E-state index contributed by atoms with van der Waals surface area (Å²) in [6.45, 7) is 0. The van der Waals surface area contributed by atoms with Gasteiger partial charge >= 0.3 is 5.97 Å². The molecule has 6 nitrogen and oxygen atoms in total. The van der Waals surface area contributed by atoms with E-state index in [9.17, 15) is 4.79 Å². The van der Waals surface area contributed by atoms with Crippen LogP contribution < -0.4 is 0 Å². The standard InChI is InChI=1S/C7H4N4O2S2/c12-6(13)4-1-8-2-5(10-4)15-7-11-9-3-14-7/h1-3H,(H,12,13). The average molecular weight is 240 g/mol. The average Bonchev–Trinajstić information content (AvgIpc) is 2.71. The minimum absolute atomic E-state index is 0.0792. The fraction of sp³-hybridized carbons (Fsp3) is 0. The highest BCUT2D eigenvalue weighted by Gasteiger charge is 2.08. The van der Waals surface area contributed by atoms with Gasteiger partial charge in [-0.3, -0.25) is 4.98 Å². The van der Waals surface area contributed by atoms with E-state index in [1.807, 2.05) is 0 Å². The van der Waals surface area contributed by atoms with Crippen LogP contribution in [0.4, 0.5) is 0 Å². The zero-order valence-corrected chi connectivity index (χ0v) is 8.83. The van der Waals surface area contributed by atoms with E-state index in [4.69, 9.17) is 5.11 Å². The second-order valence-electron chi connectivity index (χ2n) is 2.35. The maximum absolute atomic E-state index is 10.6. The molecule has 0 unspecified atom stereocenters. The van der Waals surface area contributed by atoms with E-state index < -0.39 is 5.97 Å². The van der Waals surface area contributed by atoms with Gasteiger partial charge in [-0.1, -0.05) is 11.3 Å². The first-order valence-corrected chi connectivity index (χ1v) is 5.44. The molecule has 2 aromatic heterocycles. The fourth-order valence-corrected chi connectivity index (χ4v) is 2.18. The monoisotopic (exact) mass is 240 g/mol. The number of nitrogens with zero attached hydrogens (tertiary/aromatic N) is 4. The van der Waals surface area contributed by atoms with Crippen LogP contribution in [-0.2, 0) is 0 Å². The Balaban J connectivity index is 2.22. The molecule has 0 amide bonds. The Labute approximate surface area is 92.4 Å². The third-order valence-corrected chi connectivity index (χ3v) is 3.05. The van der Waals surface area contributed by atoms with Gasteiger partial charge in [0.25, 0.3) is 0 Å². The molecule has 0 saturated carbocycles. The molecular formula is C7H4N4O2S2. The van der Waals surface area contributed by atoms with Crippen LogP contribution in [0.5, 0.6) is 0 Å². The Kier molecular flexibility index (Phi) is 2.88. The molecule has 0 aliphatic heterocycles. The minimum Gasteiger partial charge on any atom is -0.476 e. The van der Waals surface area contributed by atoms with Crippen molar-refractivity contribution in [2.75, 3.05) is 0 Å². The van der Waals surface area contributed by atoms with Crippen LogP contribution in [0.15, 0.2) is 27.3 Å². The summed E-state index contributed by atoms with van der Waals surface area (Å²) >= 11 is 2.59. The number of carboxylic acid groups (broad SMARTS) is 1. The molecule has 0 radical (unpaired) electrons. The van der Waals surface area contributed by atoms with Crippen molar-refractivity contribution in [3.63, 3.8) is 0 Å². The summed E-state index contributed by atoms with van der Waals surface area (Å²) in [7, 11) is 0. The smallest absolute Gasteiger partial charge is 0.356 e. The lowest BCUT2D eigenvalue weighted by Crippen LogP contribution is -2.01. The summed E-state index contributed by atoms with van der Waals surface area (Å²) in [5.41, 5.74) is 1.51. The number of hydrogen-bond donors (Lipinski definition) is 1. The Morgan fingerprint density at radius 1 is 1.47 bits per heavy atom. The molecule has 0 aliphatic rings. The van der Waals surface area contributed by atoms with Gasteiger partial charge in [0.2, 0.25) is 0 Å². The largest absolute Gasteiger partial charge is 0.476 e. The summed E-state index contributed by atoms with van der Waals surface area (Å²) in [5, 5.41) is 16.7. The molecule has 2 heterocycles. The lowest BCUT2D eigenvalue weighted by Gasteiger charge is -1.96. The van der Waals surface area contributed by atoms with Crippen molar-refractivity contribution in [3.05, 3.63) is 23.6 Å². The van der Waals surface area contributed by atoms with E-state index in [1.54, 1.807) is 5.51 Å². The molecule has 1 N–H and O–H groups in total. The lowest BCUT2D eigenvalue weighted by molar-refractivity contribution is 0.0689. The molecule has 0 bridgehead atoms. The Hall–Kier alpha value is -1.54. The Morgan fingerprint density at radius 2 is 2.33 bits per heavy atom. The van der Waals surface area contributed by atoms with Crippen LogP contribution in [0.3, 0.4) is 0 Å². The van der Waals surface area contributed by atoms with Crippen LogP contribution in [0.25, 0.3) is 0 Å². The van der Waals surface area contributed by atoms with Crippen LogP contribution in [0.2, 0.25) is 0 Å². The van der Waals surface area contributed by atoms with Crippen molar-refractivity contribution < 1.29 is 9.90 Å². The zero-order valence-electron chi connectivity index (χ0n) is 7.19. The quantitative estimate of drug-likeness (QED) is 0.861. The summed E-state index contributed by atoms with van der Waals surface area (Å²) in [6, 6.07) is 0. The van der Waals surface area contributed by atoms with Crippen molar-refractivity contribution in [1.29, 1.82) is 0 Å². The van der Waals surface area contributed by atoms with Crippen LogP contribution in [-0.4, -0.2) is 31.2 Å². The first-order chi connectivity index (χ1) is 7.25. The summed E-state index contributed by atoms with van der Waals surface area (Å²) in [6.07, 6.45) is 2.69. The van der Waals surface area contributed by atoms with E-state index in [0.717, 1.165) is 0 Å². The molecule has 0 spiro atoms. The second kappa shape index (κ2) is 4.32. The van der Waals surface area contributed by atoms with Gasteiger partial charge in [-0.25, -0.2) is 9.78 Å². The zero-order chi connectivity index (χ0) is 10.7. The van der Waals surface area contributed by atoms with E-state index in [2.05, 4.69) is 20.2 Å². The molecule has 0 atom stereocenters.